The van der Waals surface area contributed by atoms with Crippen LogP contribution >= 0.6 is 0 Å². The summed E-state index contributed by atoms with van der Waals surface area (Å²) in [6.07, 6.45) is 5.00. The van der Waals surface area contributed by atoms with Gasteiger partial charge in [-0.3, -0.25) is 0 Å². The molecule has 0 bridgehead atoms. The van der Waals surface area contributed by atoms with Gasteiger partial charge in [-0.05, 0) is 19.3 Å². The number of hydrogen-bond acceptors (Lipinski definition) is 2. The summed E-state index contributed by atoms with van der Waals surface area (Å²) in [6, 6.07) is 0. The molecule has 0 atom stereocenters. The summed E-state index contributed by atoms with van der Waals surface area (Å²) in [5, 5.41) is 0. The van der Waals surface area contributed by atoms with Crippen molar-refractivity contribution in [1.29, 1.82) is 0 Å². The second-order valence-electron chi connectivity index (χ2n) is 4.37. The zero-order valence-electron chi connectivity index (χ0n) is 10.5. The third-order valence-electron chi connectivity index (χ3n) is 2.99. The van der Waals surface area contributed by atoms with Gasteiger partial charge in [-0.25, -0.2) is 0 Å². The van der Waals surface area contributed by atoms with Gasteiger partial charge in [0.15, 0.2) is 0 Å². The van der Waals surface area contributed by atoms with Crippen molar-refractivity contribution in [2.75, 3.05) is 26.2 Å². The van der Waals surface area contributed by atoms with Crippen LogP contribution in [0.25, 0.3) is 0 Å². The van der Waals surface area contributed by atoms with Gasteiger partial charge in [0.25, 0.3) is 10.2 Å². The molecule has 1 fully saturated rings. The third kappa shape index (κ3) is 3.43. The van der Waals surface area contributed by atoms with Gasteiger partial charge in [-0.15, -0.1) is 0 Å². The van der Waals surface area contributed by atoms with E-state index in [1.165, 1.54) is 0 Å². The Morgan fingerprint density at radius 2 is 1.56 bits per heavy atom. The van der Waals surface area contributed by atoms with Crippen molar-refractivity contribution in [3.05, 3.63) is 0 Å². The van der Waals surface area contributed by atoms with Crippen molar-refractivity contribution >= 4 is 10.2 Å². The van der Waals surface area contributed by atoms with Crippen LogP contribution in [0.2, 0.25) is 0 Å². The smallest absolute Gasteiger partial charge is 0.195 e. The van der Waals surface area contributed by atoms with Crippen molar-refractivity contribution in [1.82, 2.24) is 8.61 Å². The average Bonchev–Trinajstić information content (AvgIpc) is 2.14. The van der Waals surface area contributed by atoms with Gasteiger partial charge in [0.05, 0.1) is 0 Å². The monoisotopic (exact) mass is 248 g/mol. The second-order valence-corrected chi connectivity index (χ2v) is 6.29. The Kier molecular flexibility index (Phi) is 5.72. The maximum Gasteiger partial charge on any atom is 0.281 e. The van der Waals surface area contributed by atoms with Crippen molar-refractivity contribution in [3.8, 4) is 0 Å². The summed E-state index contributed by atoms with van der Waals surface area (Å²) in [5.41, 5.74) is 0. The Bertz CT molecular complexity index is 278. The van der Waals surface area contributed by atoms with Crippen molar-refractivity contribution < 1.29 is 8.42 Å². The van der Waals surface area contributed by atoms with Crippen LogP contribution in [0.15, 0.2) is 0 Å². The SMILES string of the molecule is CCCCN(CCCC)S(=O)(=O)N1CCC1. The first kappa shape index (κ1) is 13.9. The lowest BCUT2D eigenvalue weighted by molar-refractivity contribution is 0.269. The largest absolute Gasteiger partial charge is 0.281 e. The molecule has 1 rings (SSSR count). The van der Waals surface area contributed by atoms with Gasteiger partial charge in [0.1, 0.15) is 0 Å². The zero-order valence-corrected chi connectivity index (χ0v) is 11.3. The van der Waals surface area contributed by atoms with Crippen LogP contribution in [-0.4, -0.2) is 43.2 Å². The molecule has 1 heterocycles. The Hall–Kier alpha value is -0.130. The van der Waals surface area contributed by atoms with Crippen LogP contribution in [0.1, 0.15) is 46.0 Å². The fraction of sp³-hybridized carbons (Fsp3) is 1.00. The van der Waals surface area contributed by atoms with Crippen LogP contribution in [0, 0.1) is 0 Å². The molecule has 0 aromatic carbocycles. The third-order valence-corrected chi connectivity index (χ3v) is 5.03. The van der Waals surface area contributed by atoms with Crippen LogP contribution in [0.4, 0.5) is 0 Å². The molecule has 0 aromatic heterocycles. The Morgan fingerprint density at radius 3 is 1.88 bits per heavy atom. The maximum absolute atomic E-state index is 12.2. The average molecular weight is 248 g/mol. The van der Waals surface area contributed by atoms with E-state index in [1.807, 2.05) is 0 Å². The topological polar surface area (TPSA) is 40.6 Å². The molecule has 0 spiro atoms. The normalized spacial score (nSPS) is 17.7. The molecule has 16 heavy (non-hydrogen) atoms. The van der Waals surface area contributed by atoms with E-state index in [2.05, 4.69) is 13.8 Å². The minimum Gasteiger partial charge on any atom is -0.195 e. The molecule has 0 radical (unpaired) electrons. The van der Waals surface area contributed by atoms with E-state index in [1.54, 1.807) is 8.61 Å². The van der Waals surface area contributed by atoms with Crippen LogP contribution < -0.4 is 0 Å². The van der Waals surface area contributed by atoms with Crippen LogP contribution in [0.5, 0.6) is 0 Å². The molecule has 4 nitrogen and oxygen atoms in total. The van der Waals surface area contributed by atoms with E-state index >= 15 is 0 Å². The van der Waals surface area contributed by atoms with Gasteiger partial charge in [0, 0.05) is 26.2 Å². The maximum atomic E-state index is 12.2. The van der Waals surface area contributed by atoms with Gasteiger partial charge in [-0.1, -0.05) is 26.7 Å². The molecule has 0 N–H and O–H groups in total. The standard InChI is InChI=1S/C11H24N2O2S/c1-3-5-8-12(9-6-4-2)16(14,15)13-10-7-11-13/h3-11H2,1-2H3. The first-order valence-electron chi connectivity index (χ1n) is 6.38. The number of rotatable bonds is 8. The zero-order chi connectivity index (χ0) is 12.0. The van der Waals surface area contributed by atoms with Gasteiger partial charge in [0.2, 0.25) is 0 Å². The summed E-state index contributed by atoms with van der Waals surface area (Å²) in [5.74, 6) is 0. The highest BCUT2D eigenvalue weighted by molar-refractivity contribution is 7.86. The fourth-order valence-corrected chi connectivity index (χ4v) is 3.46. The summed E-state index contributed by atoms with van der Waals surface area (Å²) >= 11 is 0. The van der Waals surface area contributed by atoms with Crippen molar-refractivity contribution in [2.24, 2.45) is 0 Å². The lowest BCUT2D eigenvalue weighted by Gasteiger charge is -2.35. The van der Waals surface area contributed by atoms with Crippen LogP contribution in [-0.2, 0) is 10.2 Å². The summed E-state index contributed by atoms with van der Waals surface area (Å²) in [7, 11) is -3.14. The lowest BCUT2D eigenvalue weighted by Crippen LogP contribution is -2.50. The molecule has 96 valence electrons. The molecule has 1 saturated heterocycles. The van der Waals surface area contributed by atoms with E-state index in [0.717, 1.165) is 32.1 Å². The lowest BCUT2D eigenvalue weighted by atomic mass is 10.3. The van der Waals surface area contributed by atoms with E-state index in [9.17, 15) is 8.42 Å². The Morgan fingerprint density at radius 1 is 1.06 bits per heavy atom. The molecule has 0 unspecified atom stereocenters. The second kappa shape index (κ2) is 6.57. The van der Waals surface area contributed by atoms with E-state index in [-0.39, 0.29) is 0 Å². The van der Waals surface area contributed by atoms with Gasteiger partial charge < -0.3 is 0 Å². The minimum atomic E-state index is -3.14. The fourth-order valence-electron chi connectivity index (χ4n) is 1.69. The molecule has 0 aliphatic carbocycles. The highest BCUT2D eigenvalue weighted by atomic mass is 32.2. The van der Waals surface area contributed by atoms with Gasteiger partial charge >= 0.3 is 0 Å². The molecule has 0 amide bonds. The first-order valence-corrected chi connectivity index (χ1v) is 7.77. The summed E-state index contributed by atoms with van der Waals surface area (Å²) < 4.78 is 27.6. The number of nitrogens with zero attached hydrogens (tertiary/aromatic N) is 2. The molecule has 0 aromatic rings. The van der Waals surface area contributed by atoms with Crippen molar-refractivity contribution in [3.63, 3.8) is 0 Å². The molecule has 0 saturated carbocycles. The quantitative estimate of drug-likeness (QED) is 0.657. The highest BCUT2D eigenvalue weighted by Crippen LogP contribution is 2.17. The van der Waals surface area contributed by atoms with E-state index < -0.39 is 10.2 Å². The minimum absolute atomic E-state index is 0.676. The first-order chi connectivity index (χ1) is 7.62. The molecular formula is C11H24N2O2S. The summed E-state index contributed by atoms with van der Waals surface area (Å²) in [4.78, 5) is 0. The molecular weight excluding hydrogens is 224 g/mol. The molecule has 5 heteroatoms. The van der Waals surface area contributed by atoms with Gasteiger partial charge in [-0.2, -0.15) is 17.0 Å². The number of unbranched alkanes of at least 4 members (excludes halogenated alkanes) is 2. The number of hydrogen-bond donors (Lipinski definition) is 0. The molecule has 1 aliphatic rings. The Balaban J connectivity index is 2.57. The van der Waals surface area contributed by atoms with Crippen LogP contribution in [0.3, 0.4) is 0 Å². The highest BCUT2D eigenvalue weighted by Gasteiger charge is 2.32. The van der Waals surface area contributed by atoms with E-state index in [4.69, 9.17) is 0 Å². The van der Waals surface area contributed by atoms with E-state index in [0.29, 0.717) is 26.2 Å². The predicted octanol–water partition coefficient (Wildman–Crippen LogP) is 1.84. The predicted molar refractivity (Wildman–Crippen MR) is 66.5 cm³/mol. The van der Waals surface area contributed by atoms with Crippen molar-refractivity contribution in [2.45, 2.75) is 46.0 Å². The summed E-state index contributed by atoms with van der Waals surface area (Å²) in [6.45, 7) is 6.95. The Labute approximate surface area is 99.8 Å². The molecule has 1 aliphatic heterocycles.